The van der Waals surface area contributed by atoms with Crippen LogP contribution < -0.4 is 5.73 Å². The molecule has 1 aromatic rings. The van der Waals surface area contributed by atoms with Gasteiger partial charge in [0.25, 0.3) is 0 Å². The number of rotatable bonds is 2. The molecule has 1 fully saturated rings. The molecule has 0 spiro atoms. The van der Waals surface area contributed by atoms with Crippen molar-refractivity contribution in [2.45, 2.75) is 39.2 Å². The number of hydrogen-bond acceptors (Lipinski definition) is 1. The number of benzene rings is 1. The fraction of sp³-hybridized carbons (Fsp3) is 0.538. The molecule has 1 aliphatic carbocycles. The molecular formula is C13H19N. The first-order valence-corrected chi connectivity index (χ1v) is 5.50. The molecule has 0 aliphatic heterocycles. The molecule has 1 atom stereocenters. The van der Waals surface area contributed by atoms with Crippen LogP contribution in [-0.4, -0.2) is 0 Å². The summed E-state index contributed by atoms with van der Waals surface area (Å²) in [6.45, 7) is 4.29. The van der Waals surface area contributed by atoms with Crippen molar-refractivity contribution < 1.29 is 0 Å². The summed E-state index contributed by atoms with van der Waals surface area (Å²) in [7, 11) is 0. The topological polar surface area (TPSA) is 26.0 Å². The summed E-state index contributed by atoms with van der Waals surface area (Å²) in [5.41, 5.74) is 10.2. The van der Waals surface area contributed by atoms with Crippen LogP contribution in [0.5, 0.6) is 0 Å². The molecule has 76 valence electrons. The zero-order chi connectivity index (χ0) is 10.1. The number of aryl methyl sites for hydroxylation is 2. The summed E-state index contributed by atoms with van der Waals surface area (Å²) in [6.07, 6.45) is 3.99. The van der Waals surface area contributed by atoms with Crippen LogP contribution in [0.4, 0.5) is 0 Å². The van der Waals surface area contributed by atoms with E-state index in [0.717, 1.165) is 5.92 Å². The first-order valence-electron chi connectivity index (χ1n) is 5.50. The quantitative estimate of drug-likeness (QED) is 0.760. The fourth-order valence-electron chi connectivity index (χ4n) is 2.27. The molecule has 0 amide bonds. The molecule has 2 N–H and O–H groups in total. The maximum atomic E-state index is 6.24. The Labute approximate surface area is 86.3 Å². The number of hydrogen-bond donors (Lipinski definition) is 1. The molecule has 1 aliphatic rings. The van der Waals surface area contributed by atoms with Gasteiger partial charge in [-0.15, -0.1) is 0 Å². The lowest BCUT2D eigenvalue weighted by molar-refractivity contribution is 0.264. The fourth-order valence-corrected chi connectivity index (χ4v) is 2.27. The van der Waals surface area contributed by atoms with Crippen LogP contribution in [0.1, 0.15) is 42.0 Å². The highest BCUT2D eigenvalue weighted by Crippen LogP contribution is 2.36. The highest BCUT2D eigenvalue weighted by atomic mass is 14.7. The van der Waals surface area contributed by atoms with Crippen LogP contribution in [-0.2, 0) is 0 Å². The Bertz CT molecular complexity index is 306. The van der Waals surface area contributed by atoms with E-state index in [-0.39, 0.29) is 6.04 Å². The van der Waals surface area contributed by atoms with Gasteiger partial charge in [-0.1, -0.05) is 35.7 Å². The minimum atomic E-state index is 0.266. The maximum Gasteiger partial charge on any atom is 0.0323 e. The van der Waals surface area contributed by atoms with Crippen molar-refractivity contribution in [1.29, 1.82) is 0 Å². The van der Waals surface area contributed by atoms with Gasteiger partial charge >= 0.3 is 0 Å². The average Bonchev–Trinajstić information content (AvgIpc) is 1.98. The molecule has 0 radical (unpaired) electrons. The Hall–Kier alpha value is -0.820. The lowest BCUT2D eigenvalue weighted by atomic mass is 9.77. The molecule has 1 saturated carbocycles. The Morgan fingerprint density at radius 1 is 1.14 bits per heavy atom. The van der Waals surface area contributed by atoms with Gasteiger partial charge in [0, 0.05) is 6.04 Å². The van der Waals surface area contributed by atoms with E-state index in [1.54, 1.807) is 0 Å². The molecule has 0 saturated heterocycles. The second-order valence-electron chi connectivity index (χ2n) is 4.64. The lowest BCUT2D eigenvalue weighted by Crippen LogP contribution is -2.26. The second-order valence-corrected chi connectivity index (χ2v) is 4.64. The highest BCUT2D eigenvalue weighted by molar-refractivity contribution is 5.31. The van der Waals surface area contributed by atoms with Gasteiger partial charge in [-0.2, -0.15) is 0 Å². The first kappa shape index (κ1) is 9.72. The lowest BCUT2D eigenvalue weighted by Gasteiger charge is -2.31. The molecule has 0 bridgehead atoms. The minimum absolute atomic E-state index is 0.266. The third-order valence-electron chi connectivity index (χ3n) is 3.29. The molecule has 1 unspecified atom stereocenters. The van der Waals surface area contributed by atoms with Crippen molar-refractivity contribution in [3.05, 3.63) is 34.9 Å². The molecule has 1 aromatic carbocycles. The molecule has 1 nitrogen and oxygen atoms in total. The van der Waals surface area contributed by atoms with Gasteiger partial charge in [0.15, 0.2) is 0 Å². The van der Waals surface area contributed by atoms with Crippen molar-refractivity contribution >= 4 is 0 Å². The van der Waals surface area contributed by atoms with Gasteiger partial charge < -0.3 is 5.73 Å². The van der Waals surface area contributed by atoms with Gasteiger partial charge in [0.2, 0.25) is 0 Å². The van der Waals surface area contributed by atoms with E-state index in [1.807, 2.05) is 0 Å². The average molecular weight is 189 g/mol. The van der Waals surface area contributed by atoms with Crippen LogP contribution >= 0.6 is 0 Å². The monoisotopic (exact) mass is 189 g/mol. The SMILES string of the molecule is Cc1cc(C)cc(C(N)C2CCC2)c1. The predicted octanol–water partition coefficient (Wildman–Crippen LogP) is 3.10. The number of nitrogens with two attached hydrogens (primary N) is 1. The molecule has 14 heavy (non-hydrogen) atoms. The Kier molecular flexibility index (Phi) is 2.60. The van der Waals surface area contributed by atoms with E-state index in [4.69, 9.17) is 5.73 Å². The maximum absolute atomic E-state index is 6.24. The van der Waals surface area contributed by atoms with Gasteiger partial charge in [0.05, 0.1) is 0 Å². The van der Waals surface area contributed by atoms with E-state index in [2.05, 4.69) is 32.0 Å². The summed E-state index contributed by atoms with van der Waals surface area (Å²) in [5.74, 6) is 0.733. The Morgan fingerprint density at radius 2 is 1.71 bits per heavy atom. The second kappa shape index (κ2) is 3.74. The normalized spacial score (nSPS) is 19.1. The Morgan fingerprint density at radius 3 is 2.14 bits per heavy atom. The van der Waals surface area contributed by atoms with Crippen LogP contribution in [0.15, 0.2) is 18.2 Å². The third-order valence-corrected chi connectivity index (χ3v) is 3.29. The van der Waals surface area contributed by atoms with Gasteiger partial charge in [0.1, 0.15) is 0 Å². The van der Waals surface area contributed by atoms with Crippen LogP contribution in [0.3, 0.4) is 0 Å². The largest absolute Gasteiger partial charge is 0.324 e. The van der Waals surface area contributed by atoms with E-state index in [0.29, 0.717) is 0 Å². The smallest absolute Gasteiger partial charge is 0.0323 e. The predicted molar refractivity (Wildman–Crippen MR) is 60.2 cm³/mol. The van der Waals surface area contributed by atoms with E-state index in [1.165, 1.54) is 36.0 Å². The summed E-state index contributed by atoms with van der Waals surface area (Å²) in [6, 6.07) is 6.94. The summed E-state index contributed by atoms with van der Waals surface area (Å²) in [4.78, 5) is 0. The standard InChI is InChI=1S/C13H19N/c1-9-6-10(2)8-12(7-9)13(14)11-4-3-5-11/h6-8,11,13H,3-5,14H2,1-2H3. The summed E-state index contributed by atoms with van der Waals surface area (Å²) in [5, 5.41) is 0. The zero-order valence-electron chi connectivity index (χ0n) is 9.09. The molecule has 0 aromatic heterocycles. The van der Waals surface area contributed by atoms with Crippen LogP contribution in [0, 0.1) is 19.8 Å². The van der Waals surface area contributed by atoms with E-state index >= 15 is 0 Å². The zero-order valence-corrected chi connectivity index (χ0v) is 9.09. The molecular weight excluding hydrogens is 170 g/mol. The van der Waals surface area contributed by atoms with Crippen LogP contribution in [0.25, 0.3) is 0 Å². The summed E-state index contributed by atoms with van der Waals surface area (Å²) < 4.78 is 0. The van der Waals surface area contributed by atoms with Crippen molar-refractivity contribution in [3.63, 3.8) is 0 Å². The minimum Gasteiger partial charge on any atom is -0.324 e. The first-order chi connectivity index (χ1) is 6.66. The van der Waals surface area contributed by atoms with Gasteiger partial charge in [-0.3, -0.25) is 0 Å². The van der Waals surface area contributed by atoms with Gasteiger partial charge in [-0.05, 0) is 38.2 Å². The highest BCUT2D eigenvalue weighted by Gasteiger charge is 2.25. The van der Waals surface area contributed by atoms with E-state index < -0.39 is 0 Å². The van der Waals surface area contributed by atoms with E-state index in [9.17, 15) is 0 Å². The van der Waals surface area contributed by atoms with Gasteiger partial charge in [-0.25, -0.2) is 0 Å². The third kappa shape index (κ3) is 1.83. The summed E-state index contributed by atoms with van der Waals surface area (Å²) >= 11 is 0. The molecule has 1 heteroatoms. The van der Waals surface area contributed by atoms with Crippen molar-refractivity contribution in [3.8, 4) is 0 Å². The molecule has 2 rings (SSSR count). The van der Waals surface area contributed by atoms with Crippen molar-refractivity contribution in [2.24, 2.45) is 11.7 Å². The van der Waals surface area contributed by atoms with Crippen LogP contribution in [0.2, 0.25) is 0 Å². The molecule has 0 heterocycles. The van der Waals surface area contributed by atoms with Crippen molar-refractivity contribution in [2.75, 3.05) is 0 Å². The Balaban J connectivity index is 2.21. The van der Waals surface area contributed by atoms with Crippen molar-refractivity contribution in [1.82, 2.24) is 0 Å².